The van der Waals surface area contributed by atoms with E-state index in [0.717, 1.165) is 11.4 Å². The maximum atomic E-state index is 12.3. The van der Waals surface area contributed by atoms with Gasteiger partial charge < -0.3 is 19.5 Å². The van der Waals surface area contributed by atoms with Gasteiger partial charge >= 0.3 is 0 Å². The van der Waals surface area contributed by atoms with E-state index in [4.69, 9.17) is 26.4 Å². The lowest BCUT2D eigenvalue weighted by Gasteiger charge is -2.12. The molecule has 6 nitrogen and oxygen atoms in total. The Bertz CT molecular complexity index is 719. The molecule has 0 saturated heterocycles. The molecule has 2 aromatic rings. The van der Waals surface area contributed by atoms with Gasteiger partial charge in [-0.3, -0.25) is 10.1 Å². The number of para-hydroxylation sites is 1. The van der Waals surface area contributed by atoms with Crippen LogP contribution in [0.25, 0.3) is 0 Å². The average molecular weight is 360 g/mol. The zero-order chi connectivity index (χ0) is 18.1. The molecule has 0 atom stereocenters. The number of carbonyl (C=O) groups excluding carboxylic acids is 1. The lowest BCUT2D eigenvalue weighted by Crippen LogP contribution is -2.34. The first-order valence-corrected chi connectivity index (χ1v) is 8.02. The van der Waals surface area contributed by atoms with Gasteiger partial charge in [-0.2, -0.15) is 0 Å². The maximum absolute atomic E-state index is 12.3. The van der Waals surface area contributed by atoms with Crippen LogP contribution in [0.3, 0.4) is 0 Å². The Kier molecular flexibility index (Phi) is 7.18. The fourth-order valence-electron chi connectivity index (χ4n) is 2.04. The largest absolute Gasteiger partial charge is 0.496 e. The molecule has 25 heavy (non-hydrogen) atoms. The Morgan fingerprint density at radius 2 is 1.76 bits per heavy atom. The van der Waals surface area contributed by atoms with Crippen LogP contribution in [0.2, 0.25) is 0 Å². The summed E-state index contributed by atoms with van der Waals surface area (Å²) in [5, 5.41) is 5.78. The Morgan fingerprint density at radius 1 is 1.04 bits per heavy atom. The van der Waals surface area contributed by atoms with Crippen LogP contribution in [-0.2, 0) is 4.74 Å². The van der Waals surface area contributed by atoms with Crippen molar-refractivity contribution in [2.75, 3.05) is 32.8 Å². The highest BCUT2D eigenvalue weighted by molar-refractivity contribution is 7.80. The SMILES string of the molecule is COCCOc1ccc(NC(=S)NC(=O)c2ccccc2OC)cc1. The van der Waals surface area contributed by atoms with E-state index >= 15 is 0 Å². The lowest BCUT2D eigenvalue weighted by atomic mass is 10.2. The van der Waals surface area contributed by atoms with Crippen molar-refractivity contribution in [3.8, 4) is 11.5 Å². The highest BCUT2D eigenvalue weighted by atomic mass is 32.1. The first-order valence-electron chi connectivity index (χ1n) is 7.61. The van der Waals surface area contributed by atoms with Gasteiger partial charge in [-0.25, -0.2) is 0 Å². The van der Waals surface area contributed by atoms with Gasteiger partial charge in [0, 0.05) is 12.8 Å². The number of methoxy groups -OCH3 is 2. The molecular formula is C18H20N2O4S. The minimum atomic E-state index is -0.338. The summed E-state index contributed by atoms with van der Waals surface area (Å²) in [7, 11) is 3.13. The first-order chi connectivity index (χ1) is 12.1. The van der Waals surface area contributed by atoms with Crippen molar-refractivity contribution >= 4 is 28.9 Å². The van der Waals surface area contributed by atoms with Gasteiger partial charge in [0.05, 0.1) is 19.3 Å². The van der Waals surface area contributed by atoms with E-state index in [-0.39, 0.29) is 11.0 Å². The molecule has 0 heterocycles. The summed E-state index contributed by atoms with van der Waals surface area (Å²) in [5.41, 5.74) is 1.15. The second kappa shape index (κ2) is 9.61. The summed E-state index contributed by atoms with van der Waals surface area (Å²) in [4.78, 5) is 12.3. The number of amides is 1. The number of hydrogen-bond donors (Lipinski definition) is 2. The van der Waals surface area contributed by atoms with Crippen LogP contribution in [0.5, 0.6) is 11.5 Å². The van der Waals surface area contributed by atoms with Crippen LogP contribution in [0.1, 0.15) is 10.4 Å². The summed E-state index contributed by atoms with van der Waals surface area (Å²) >= 11 is 5.18. The van der Waals surface area contributed by atoms with Crippen molar-refractivity contribution in [3.05, 3.63) is 54.1 Å². The smallest absolute Gasteiger partial charge is 0.261 e. The molecule has 0 aromatic heterocycles. The standard InChI is InChI=1S/C18H20N2O4S/c1-22-11-12-24-14-9-7-13(8-10-14)19-18(25)20-17(21)15-5-3-4-6-16(15)23-2/h3-10H,11-12H2,1-2H3,(H2,19,20,21,25). The minimum absolute atomic E-state index is 0.198. The number of carbonyl (C=O) groups is 1. The molecule has 2 aromatic carbocycles. The van der Waals surface area contributed by atoms with Crippen molar-refractivity contribution in [3.63, 3.8) is 0 Å². The van der Waals surface area contributed by atoms with E-state index in [1.165, 1.54) is 7.11 Å². The monoisotopic (exact) mass is 360 g/mol. The van der Waals surface area contributed by atoms with Gasteiger partial charge in [-0.05, 0) is 48.6 Å². The van der Waals surface area contributed by atoms with E-state index in [0.29, 0.717) is 24.5 Å². The molecule has 0 radical (unpaired) electrons. The van der Waals surface area contributed by atoms with Crippen LogP contribution in [-0.4, -0.2) is 38.5 Å². The molecule has 0 aliphatic rings. The third-order valence-electron chi connectivity index (χ3n) is 3.25. The Morgan fingerprint density at radius 3 is 2.44 bits per heavy atom. The third-order valence-corrected chi connectivity index (χ3v) is 3.45. The highest BCUT2D eigenvalue weighted by Gasteiger charge is 2.12. The quantitative estimate of drug-likeness (QED) is 0.585. The van der Waals surface area contributed by atoms with Gasteiger partial charge in [0.15, 0.2) is 5.11 Å². The Labute approximate surface area is 152 Å². The van der Waals surface area contributed by atoms with Crippen molar-refractivity contribution in [1.82, 2.24) is 5.32 Å². The highest BCUT2D eigenvalue weighted by Crippen LogP contribution is 2.18. The molecule has 7 heteroatoms. The number of benzene rings is 2. The second-order valence-electron chi connectivity index (χ2n) is 4.97. The summed E-state index contributed by atoms with van der Waals surface area (Å²) < 4.78 is 15.6. The van der Waals surface area contributed by atoms with Gasteiger partial charge in [0.1, 0.15) is 18.1 Å². The van der Waals surface area contributed by atoms with Gasteiger partial charge in [0.25, 0.3) is 5.91 Å². The number of anilines is 1. The predicted octanol–water partition coefficient (Wildman–Crippen LogP) is 2.85. The molecule has 0 unspecified atom stereocenters. The maximum Gasteiger partial charge on any atom is 0.261 e. The molecule has 1 amide bonds. The number of rotatable bonds is 7. The van der Waals surface area contributed by atoms with Crippen molar-refractivity contribution in [1.29, 1.82) is 0 Å². The van der Waals surface area contributed by atoms with Crippen molar-refractivity contribution in [2.24, 2.45) is 0 Å². The molecule has 0 saturated carbocycles. The zero-order valence-corrected chi connectivity index (χ0v) is 14.9. The normalized spacial score (nSPS) is 10.0. The van der Waals surface area contributed by atoms with Crippen LogP contribution < -0.4 is 20.1 Å². The first kappa shape index (κ1) is 18.7. The van der Waals surface area contributed by atoms with Crippen LogP contribution in [0.4, 0.5) is 5.69 Å². The topological polar surface area (TPSA) is 68.8 Å². The van der Waals surface area contributed by atoms with Gasteiger partial charge in [-0.1, -0.05) is 12.1 Å². The van der Waals surface area contributed by atoms with E-state index in [2.05, 4.69) is 10.6 Å². The lowest BCUT2D eigenvalue weighted by molar-refractivity contribution is 0.0975. The molecule has 2 N–H and O–H groups in total. The fraction of sp³-hybridized carbons (Fsp3) is 0.222. The number of hydrogen-bond acceptors (Lipinski definition) is 5. The van der Waals surface area contributed by atoms with E-state index in [9.17, 15) is 4.79 Å². The zero-order valence-electron chi connectivity index (χ0n) is 14.1. The summed E-state index contributed by atoms with van der Waals surface area (Å²) in [6, 6.07) is 14.2. The van der Waals surface area contributed by atoms with Crippen molar-refractivity contribution in [2.45, 2.75) is 0 Å². The molecular weight excluding hydrogens is 340 g/mol. The average Bonchev–Trinajstić information content (AvgIpc) is 2.63. The molecule has 0 aliphatic heterocycles. The van der Waals surface area contributed by atoms with Crippen LogP contribution in [0, 0.1) is 0 Å². The number of thiocarbonyl (C=S) groups is 1. The third kappa shape index (κ3) is 5.74. The Hall–Kier alpha value is -2.64. The van der Waals surface area contributed by atoms with Gasteiger partial charge in [0.2, 0.25) is 0 Å². The fourth-order valence-corrected chi connectivity index (χ4v) is 2.25. The van der Waals surface area contributed by atoms with E-state index < -0.39 is 0 Å². The molecule has 0 aliphatic carbocycles. The summed E-state index contributed by atoms with van der Waals surface area (Å²) in [6.07, 6.45) is 0. The summed E-state index contributed by atoms with van der Waals surface area (Å²) in [6.45, 7) is 1.01. The van der Waals surface area contributed by atoms with Crippen LogP contribution in [0.15, 0.2) is 48.5 Å². The second-order valence-corrected chi connectivity index (χ2v) is 5.38. The molecule has 132 valence electrons. The molecule has 0 fully saturated rings. The molecule has 0 spiro atoms. The van der Waals surface area contributed by atoms with Crippen molar-refractivity contribution < 1.29 is 19.0 Å². The van der Waals surface area contributed by atoms with E-state index in [1.54, 1.807) is 31.4 Å². The number of nitrogens with one attached hydrogen (secondary N) is 2. The van der Waals surface area contributed by atoms with Gasteiger partial charge in [-0.15, -0.1) is 0 Å². The Balaban J connectivity index is 1.90. The van der Waals surface area contributed by atoms with Crippen LogP contribution >= 0.6 is 12.2 Å². The van der Waals surface area contributed by atoms with E-state index in [1.807, 2.05) is 24.3 Å². The minimum Gasteiger partial charge on any atom is -0.496 e. The molecule has 0 bridgehead atoms. The summed E-state index contributed by atoms with van der Waals surface area (Å²) in [5.74, 6) is 0.876. The molecule has 2 rings (SSSR count). The predicted molar refractivity (Wildman–Crippen MR) is 100 cm³/mol. The number of ether oxygens (including phenoxy) is 3.